The topological polar surface area (TPSA) is 84.3 Å². The fourth-order valence-corrected chi connectivity index (χ4v) is 5.44. The van der Waals surface area contributed by atoms with Crippen LogP contribution in [0.25, 0.3) is 0 Å². The first-order valence-electron chi connectivity index (χ1n) is 10.5. The molecule has 9 heteroatoms. The third-order valence-electron chi connectivity index (χ3n) is 5.68. The molecule has 0 radical (unpaired) electrons. The predicted octanol–water partition coefficient (Wildman–Crippen LogP) is 3.93. The lowest BCUT2D eigenvalue weighted by molar-refractivity contribution is -0.120. The van der Waals surface area contributed by atoms with E-state index >= 15 is 0 Å². The molecule has 1 N–H and O–H groups in total. The van der Waals surface area contributed by atoms with Crippen LogP contribution in [-0.2, 0) is 21.4 Å². The zero-order chi connectivity index (χ0) is 22.7. The second-order valence-corrected chi connectivity index (χ2v) is 10.3. The van der Waals surface area contributed by atoms with E-state index in [0.29, 0.717) is 43.3 Å². The van der Waals surface area contributed by atoms with Gasteiger partial charge >= 0.3 is 0 Å². The van der Waals surface area contributed by atoms with Crippen molar-refractivity contribution in [3.63, 3.8) is 0 Å². The average Bonchev–Trinajstić information content (AvgIpc) is 3.14. The molecule has 0 aliphatic carbocycles. The van der Waals surface area contributed by atoms with Crippen LogP contribution in [0, 0.1) is 12.8 Å². The molecule has 3 aromatic rings. The molecule has 2 heterocycles. The Morgan fingerprint density at radius 3 is 2.41 bits per heavy atom. The number of aryl methyl sites for hydroxylation is 1. The minimum atomic E-state index is -3.53. The van der Waals surface area contributed by atoms with Crippen LogP contribution in [-0.4, -0.2) is 41.5 Å². The first kappa shape index (κ1) is 22.5. The Labute approximate surface area is 193 Å². The van der Waals surface area contributed by atoms with Crippen molar-refractivity contribution in [2.45, 2.75) is 31.2 Å². The second-order valence-electron chi connectivity index (χ2n) is 7.94. The van der Waals surface area contributed by atoms with Gasteiger partial charge in [-0.05, 0) is 49.6 Å². The zero-order valence-corrected chi connectivity index (χ0v) is 19.3. The maximum atomic E-state index is 12.8. The lowest BCUT2D eigenvalue weighted by atomic mass is 9.97. The number of aromatic nitrogens is 2. The molecule has 2 aromatic carbocycles. The Balaban J connectivity index is 1.35. The highest BCUT2D eigenvalue weighted by molar-refractivity contribution is 7.89. The molecule has 0 spiro atoms. The number of hydrogen-bond donors (Lipinski definition) is 1. The molecule has 0 unspecified atom stereocenters. The number of amides is 1. The Morgan fingerprint density at radius 1 is 1.09 bits per heavy atom. The highest BCUT2D eigenvalue weighted by Crippen LogP contribution is 2.25. The first-order valence-corrected chi connectivity index (χ1v) is 12.3. The van der Waals surface area contributed by atoms with Crippen LogP contribution >= 0.6 is 11.6 Å². The molecule has 1 aliphatic heterocycles. The fourth-order valence-electron chi connectivity index (χ4n) is 3.82. The maximum Gasteiger partial charge on any atom is 0.243 e. The standard InChI is InChI=1S/C23H25ClN4O3S/c1-17-15-22(26-28(17)16-18-7-9-20(24)10-8-18)25-23(29)19-11-13-27(14-12-19)32(30,31)21-5-3-2-4-6-21/h2-10,15,19H,11-14,16H2,1H3,(H,25,26,29). The van der Waals surface area contributed by atoms with E-state index in [1.165, 1.54) is 4.31 Å². The van der Waals surface area contributed by atoms with Gasteiger partial charge in [-0.1, -0.05) is 41.9 Å². The maximum absolute atomic E-state index is 12.8. The molecule has 0 atom stereocenters. The summed E-state index contributed by atoms with van der Waals surface area (Å²) in [5, 5.41) is 8.08. The van der Waals surface area contributed by atoms with E-state index < -0.39 is 10.0 Å². The number of rotatable bonds is 6. The molecule has 1 aromatic heterocycles. The van der Waals surface area contributed by atoms with Gasteiger partial charge in [-0.25, -0.2) is 8.42 Å². The molecule has 0 saturated carbocycles. The van der Waals surface area contributed by atoms with E-state index in [9.17, 15) is 13.2 Å². The van der Waals surface area contributed by atoms with Gasteiger partial charge in [-0.15, -0.1) is 0 Å². The van der Waals surface area contributed by atoms with Gasteiger partial charge in [-0.3, -0.25) is 9.48 Å². The number of piperidine rings is 1. The van der Waals surface area contributed by atoms with Crippen molar-refractivity contribution in [3.8, 4) is 0 Å². The molecule has 168 valence electrons. The normalized spacial score (nSPS) is 15.6. The van der Waals surface area contributed by atoms with Crippen LogP contribution < -0.4 is 5.32 Å². The van der Waals surface area contributed by atoms with Crippen molar-refractivity contribution in [1.29, 1.82) is 0 Å². The van der Waals surface area contributed by atoms with E-state index in [2.05, 4.69) is 10.4 Å². The molecule has 1 aliphatic rings. The number of nitrogens with zero attached hydrogens (tertiary/aromatic N) is 3. The minimum absolute atomic E-state index is 0.127. The van der Waals surface area contributed by atoms with Crippen molar-refractivity contribution in [3.05, 3.63) is 76.9 Å². The lowest BCUT2D eigenvalue weighted by Crippen LogP contribution is -2.41. The third kappa shape index (κ3) is 5.03. The van der Waals surface area contributed by atoms with Gasteiger partial charge in [0.05, 0.1) is 11.4 Å². The van der Waals surface area contributed by atoms with Crippen molar-refractivity contribution < 1.29 is 13.2 Å². The summed E-state index contributed by atoms with van der Waals surface area (Å²) in [6, 6.07) is 17.8. The fraction of sp³-hybridized carbons (Fsp3) is 0.304. The van der Waals surface area contributed by atoms with Crippen LogP contribution in [0.2, 0.25) is 5.02 Å². The van der Waals surface area contributed by atoms with E-state index in [4.69, 9.17) is 11.6 Å². The van der Waals surface area contributed by atoms with Crippen LogP contribution in [0.4, 0.5) is 5.82 Å². The molecular formula is C23H25ClN4O3S. The summed E-state index contributed by atoms with van der Waals surface area (Å²) in [6.45, 7) is 3.15. The highest BCUT2D eigenvalue weighted by atomic mass is 35.5. The summed E-state index contributed by atoms with van der Waals surface area (Å²) >= 11 is 5.94. The smallest absolute Gasteiger partial charge is 0.243 e. The zero-order valence-electron chi connectivity index (χ0n) is 17.7. The van der Waals surface area contributed by atoms with Gasteiger partial charge in [0.15, 0.2) is 5.82 Å². The number of carbonyl (C=O) groups is 1. The Bertz CT molecular complexity index is 1190. The van der Waals surface area contributed by atoms with E-state index in [1.54, 1.807) is 30.3 Å². The number of sulfonamides is 1. The highest BCUT2D eigenvalue weighted by Gasteiger charge is 2.32. The van der Waals surface area contributed by atoms with E-state index in [-0.39, 0.29) is 16.7 Å². The quantitative estimate of drug-likeness (QED) is 0.589. The molecule has 32 heavy (non-hydrogen) atoms. The van der Waals surface area contributed by atoms with Gasteiger partial charge in [0.2, 0.25) is 15.9 Å². The summed E-state index contributed by atoms with van der Waals surface area (Å²) in [4.78, 5) is 13.0. The van der Waals surface area contributed by atoms with E-state index in [0.717, 1.165) is 11.3 Å². The third-order valence-corrected chi connectivity index (χ3v) is 7.85. The minimum Gasteiger partial charge on any atom is -0.309 e. The summed E-state index contributed by atoms with van der Waals surface area (Å²) in [5.41, 5.74) is 1.99. The van der Waals surface area contributed by atoms with Crippen molar-refractivity contribution in [2.75, 3.05) is 18.4 Å². The number of halogens is 1. The van der Waals surface area contributed by atoms with Crippen molar-refractivity contribution in [1.82, 2.24) is 14.1 Å². The summed E-state index contributed by atoms with van der Waals surface area (Å²) in [7, 11) is -3.53. The van der Waals surface area contributed by atoms with Crippen molar-refractivity contribution in [2.24, 2.45) is 5.92 Å². The van der Waals surface area contributed by atoms with Crippen LogP contribution in [0.5, 0.6) is 0 Å². The number of anilines is 1. The molecular weight excluding hydrogens is 448 g/mol. The molecule has 1 amide bonds. The van der Waals surface area contributed by atoms with Crippen LogP contribution in [0.3, 0.4) is 0 Å². The van der Waals surface area contributed by atoms with Gasteiger partial charge in [-0.2, -0.15) is 9.40 Å². The molecule has 7 nitrogen and oxygen atoms in total. The summed E-state index contributed by atoms with van der Waals surface area (Å²) in [6.07, 6.45) is 0.949. The van der Waals surface area contributed by atoms with Crippen LogP contribution in [0.15, 0.2) is 65.6 Å². The van der Waals surface area contributed by atoms with Gasteiger partial charge in [0, 0.05) is 35.8 Å². The molecule has 1 saturated heterocycles. The lowest BCUT2D eigenvalue weighted by Gasteiger charge is -2.30. The Morgan fingerprint density at radius 2 is 1.75 bits per heavy atom. The second kappa shape index (κ2) is 9.44. The number of hydrogen-bond acceptors (Lipinski definition) is 4. The van der Waals surface area contributed by atoms with Crippen LogP contribution in [0.1, 0.15) is 24.1 Å². The molecule has 0 bridgehead atoms. The Kier molecular flexibility index (Phi) is 6.64. The number of benzene rings is 2. The number of nitrogens with one attached hydrogen (secondary N) is 1. The Hall–Kier alpha value is -2.68. The monoisotopic (exact) mass is 472 g/mol. The summed E-state index contributed by atoms with van der Waals surface area (Å²) in [5.74, 6) is 0.123. The van der Waals surface area contributed by atoms with Gasteiger partial charge in [0.25, 0.3) is 0 Å². The van der Waals surface area contributed by atoms with E-state index in [1.807, 2.05) is 41.9 Å². The predicted molar refractivity (Wildman–Crippen MR) is 124 cm³/mol. The largest absolute Gasteiger partial charge is 0.309 e. The van der Waals surface area contributed by atoms with Crippen molar-refractivity contribution >= 4 is 33.3 Å². The summed E-state index contributed by atoms with van der Waals surface area (Å²) < 4.78 is 28.8. The average molecular weight is 473 g/mol. The first-order chi connectivity index (χ1) is 15.3. The molecule has 4 rings (SSSR count). The SMILES string of the molecule is Cc1cc(NC(=O)C2CCN(S(=O)(=O)c3ccccc3)CC2)nn1Cc1ccc(Cl)cc1. The van der Waals surface area contributed by atoms with Gasteiger partial charge in [0.1, 0.15) is 0 Å². The number of carbonyl (C=O) groups excluding carboxylic acids is 1. The van der Waals surface area contributed by atoms with Gasteiger partial charge < -0.3 is 5.32 Å². The molecule has 1 fully saturated rings.